The molecule has 2 heterocycles. The number of carbonyl (C=O) groups excluding carboxylic acids is 1. The van der Waals surface area contributed by atoms with E-state index in [1.807, 2.05) is 0 Å². The first-order valence-corrected chi connectivity index (χ1v) is 8.61. The largest absolute Gasteiger partial charge is 0.478 e. The normalized spacial score (nSPS) is 15.0. The third kappa shape index (κ3) is 3.53. The van der Waals surface area contributed by atoms with Crippen molar-refractivity contribution in [1.29, 1.82) is 0 Å². The number of hydrogen-bond donors (Lipinski definition) is 1. The highest BCUT2D eigenvalue weighted by molar-refractivity contribution is 5.96. The van der Waals surface area contributed by atoms with Gasteiger partial charge in [-0.2, -0.15) is 5.10 Å². The predicted octanol–water partition coefficient (Wildman–Crippen LogP) is 2.58. The van der Waals surface area contributed by atoms with Crippen molar-refractivity contribution in [2.75, 3.05) is 13.1 Å². The standard InChI is InChI=1S/C18H20N4O5/c1-11-3-4-14(22(26)27)9-15(11)17(23)20-7-5-13(6-8-20)21-12(2)16(10-19-21)18(24)25/h3-4,9-10,13H,5-8H2,1-2H3,(H,24,25). The molecule has 1 aliphatic heterocycles. The number of nitro benzene ring substituents is 1. The lowest BCUT2D eigenvalue weighted by molar-refractivity contribution is -0.384. The van der Waals surface area contributed by atoms with E-state index in [1.165, 1.54) is 18.3 Å². The number of aromatic nitrogens is 2. The molecule has 1 aromatic heterocycles. The Balaban J connectivity index is 1.72. The molecule has 1 aromatic carbocycles. The Kier molecular flexibility index (Phi) is 4.93. The van der Waals surface area contributed by atoms with Gasteiger partial charge in [-0.3, -0.25) is 19.6 Å². The van der Waals surface area contributed by atoms with Crippen LogP contribution in [0.5, 0.6) is 0 Å². The van der Waals surface area contributed by atoms with Crippen LogP contribution in [-0.4, -0.2) is 49.7 Å². The van der Waals surface area contributed by atoms with E-state index in [0.717, 1.165) is 0 Å². The first-order valence-electron chi connectivity index (χ1n) is 8.61. The molecule has 0 spiro atoms. The highest BCUT2D eigenvalue weighted by Crippen LogP contribution is 2.27. The number of hydrogen-bond acceptors (Lipinski definition) is 5. The average Bonchev–Trinajstić information content (AvgIpc) is 3.03. The van der Waals surface area contributed by atoms with Crippen molar-refractivity contribution in [2.24, 2.45) is 0 Å². The van der Waals surface area contributed by atoms with E-state index in [9.17, 15) is 19.7 Å². The number of rotatable bonds is 4. The molecule has 142 valence electrons. The van der Waals surface area contributed by atoms with E-state index in [-0.39, 0.29) is 23.2 Å². The number of amides is 1. The molecule has 0 unspecified atom stereocenters. The zero-order valence-electron chi connectivity index (χ0n) is 15.1. The number of aromatic carboxylic acids is 1. The number of carboxylic acid groups (broad SMARTS) is 1. The van der Waals surface area contributed by atoms with Gasteiger partial charge in [-0.15, -0.1) is 0 Å². The Hall–Kier alpha value is -3.23. The van der Waals surface area contributed by atoms with E-state index in [1.54, 1.807) is 29.5 Å². The fraction of sp³-hybridized carbons (Fsp3) is 0.389. The van der Waals surface area contributed by atoms with Gasteiger partial charge in [0.05, 0.1) is 22.9 Å². The van der Waals surface area contributed by atoms with Gasteiger partial charge in [0.25, 0.3) is 11.6 Å². The summed E-state index contributed by atoms with van der Waals surface area (Å²) in [6, 6.07) is 4.31. The lowest BCUT2D eigenvalue weighted by Crippen LogP contribution is -2.39. The Bertz CT molecular complexity index is 912. The summed E-state index contributed by atoms with van der Waals surface area (Å²) in [5.74, 6) is -1.23. The maximum Gasteiger partial charge on any atom is 0.339 e. The molecule has 0 radical (unpaired) electrons. The summed E-state index contributed by atoms with van der Waals surface area (Å²) in [6.07, 6.45) is 2.63. The number of benzene rings is 1. The van der Waals surface area contributed by atoms with Crippen LogP contribution in [0.25, 0.3) is 0 Å². The number of carbonyl (C=O) groups is 2. The van der Waals surface area contributed by atoms with Crippen LogP contribution in [0, 0.1) is 24.0 Å². The maximum atomic E-state index is 12.8. The minimum Gasteiger partial charge on any atom is -0.478 e. The van der Waals surface area contributed by atoms with Gasteiger partial charge in [0.1, 0.15) is 5.56 Å². The monoisotopic (exact) mass is 372 g/mol. The minimum absolute atomic E-state index is 0.0216. The molecule has 0 bridgehead atoms. The molecule has 0 atom stereocenters. The van der Waals surface area contributed by atoms with E-state index >= 15 is 0 Å². The fourth-order valence-electron chi connectivity index (χ4n) is 3.44. The second-order valence-corrected chi connectivity index (χ2v) is 6.67. The highest BCUT2D eigenvalue weighted by atomic mass is 16.6. The number of nitrogens with zero attached hydrogens (tertiary/aromatic N) is 4. The zero-order chi connectivity index (χ0) is 19.7. The van der Waals surface area contributed by atoms with Crippen LogP contribution in [-0.2, 0) is 0 Å². The molecular weight excluding hydrogens is 352 g/mol. The van der Waals surface area contributed by atoms with E-state index < -0.39 is 10.9 Å². The average molecular weight is 372 g/mol. The van der Waals surface area contributed by atoms with Crippen LogP contribution < -0.4 is 0 Å². The number of aryl methyl sites for hydroxylation is 1. The third-order valence-corrected chi connectivity index (χ3v) is 5.04. The van der Waals surface area contributed by atoms with Crippen LogP contribution in [0.1, 0.15) is 50.9 Å². The molecule has 1 saturated heterocycles. The van der Waals surface area contributed by atoms with Crippen LogP contribution in [0.2, 0.25) is 0 Å². The lowest BCUT2D eigenvalue weighted by Gasteiger charge is -2.33. The minimum atomic E-state index is -1.01. The van der Waals surface area contributed by atoms with E-state index in [0.29, 0.717) is 42.8 Å². The number of likely N-dealkylation sites (tertiary alicyclic amines) is 1. The summed E-state index contributed by atoms with van der Waals surface area (Å²) in [6.45, 7) is 4.44. The first-order chi connectivity index (χ1) is 12.8. The fourth-order valence-corrected chi connectivity index (χ4v) is 3.44. The summed E-state index contributed by atoms with van der Waals surface area (Å²) in [5.41, 5.74) is 1.71. The second kappa shape index (κ2) is 7.18. The van der Waals surface area contributed by atoms with Gasteiger partial charge in [-0.25, -0.2) is 4.79 Å². The SMILES string of the molecule is Cc1ccc([N+](=O)[O-])cc1C(=O)N1CCC(n2ncc(C(=O)O)c2C)CC1. The molecule has 1 aliphatic rings. The quantitative estimate of drug-likeness (QED) is 0.651. The first kappa shape index (κ1) is 18.6. The Morgan fingerprint density at radius 1 is 1.22 bits per heavy atom. The molecule has 27 heavy (non-hydrogen) atoms. The van der Waals surface area contributed by atoms with Gasteiger partial charge in [-0.1, -0.05) is 6.07 Å². The molecule has 2 aromatic rings. The van der Waals surface area contributed by atoms with Gasteiger partial charge in [0.2, 0.25) is 0 Å². The maximum absolute atomic E-state index is 12.8. The highest BCUT2D eigenvalue weighted by Gasteiger charge is 2.28. The number of non-ortho nitro benzene ring substituents is 1. The molecule has 9 heteroatoms. The Morgan fingerprint density at radius 3 is 2.44 bits per heavy atom. The van der Waals surface area contributed by atoms with Gasteiger partial charge in [0.15, 0.2) is 0 Å². The van der Waals surface area contributed by atoms with Crippen molar-refractivity contribution in [3.05, 3.63) is 56.9 Å². The molecular formula is C18H20N4O5. The zero-order valence-corrected chi connectivity index (χ0v) is 15.1. The van der Waals surface area contributed by atoms with Crippen molar-refractivity contribution >= 4 is 17.6 Å². The molecule has 9 nitrogen and oxygen atoms in total. The molecule has 1 fully saturated rings. The molecule has 3 rings (SSSR count). The summed E-state index contributed by atoms with van der Waals surface area (Å²) in [7, 11) is 0. The molecule has 0 aliphatic carbocycles. The second-order valence-electron chi connectivity index (χ2n) is 6.67. The van der Waals surface area contributed by atoms with Crippen LogP contribution in [0.4, 0.5) is 5.69 Å². The number of nitro groups is 1. The summed E-state index contributed by atoms with van der Waals surface area (Å²) in [5, 5.41) is 24.3. The third-order valence-electron chi connectivity index (χ3n) is 5.04. The van der Waals surface area contributed by atoms with Crippen LogP contribution in [0.15, 0.2) is 24.4 Å². The van der Waals surface area contributed by atoms with Crippen molar-refractivity contribution in [3.63, 3.8) is 0 Å². The van der Waals surface area contributed by atoms with Crippen molar-refractivity contribution in [1.82, 2.24) is 14.7 Å². The van der Waals surface area contributed by atoms with Crippen molar-refractivity contribution < 1.29 is 19.6 Å². The van der Waals surface area contributed by atoms with Gasteiger partial charge in [-0.05, 0) is 32.3 Å². The summed E-state index contributed by atoms with van der Waals surface area (Å²) >= 11 is 0. The topological polar surface area (TPSA) is 119 Å². The Morgan fingerprint density at radius 2 is 1.89 bits per heavy atom. The van der Waals surface area contributed by atoms with Crippen LogP contribution >= 0.6 is 0 Å². The molecule has 0 saturated carbocycles. The summed E-state index contributed by atoms with van der Waals surface area (Å²) in [4.78, 5) is 36.1. The van der Waals surface area contributed by atoms with Gasteiger partial charge in [0, 0.05) is 30.8 Å². The van der Waals surface area contributed by atoms with Gasteiger partial charge >= 0.3 is 5.97 Å². The summed E-state index contributed by atoms with van der Waals surface area (Å²) < 4.78 is 1.71. The number of piperidine rings is 1. The van der Waals surface area contributed by atoms with Gasteiger partial charge < -0.3 is 10.0 Å². The van der Waals surface area contributed by atoms with Crippen molar-refractivity contribution in [2.45, 2.75) is 32.7 Å². The lowest BCUT2D eigenvalue weighted by atomic mass is 10.0. The number of carboxylic acids is 1. The smallest absolute Gasteiger partial charge is 0.339 e. The Labute approximate surface area is 155 Å². The molecule has 1 N–H and O–H groups in total. The van der Waals surface area contributed by atoms with E-state index in [4.69, 9.17) is 5.11 Å². The predicted molar refractivity (Wildman–Crippen MR) is 95.9 cm³/mol. The van der Waals surface area contributed by atoms with Crippen molar-refractivity contribution in [3.8, 4) is 0 Å². The molecule has 1 amide bonds. The van der Waals surface area contributed by atoms with Crippen LogP contribution in [0.3, 0.4) is 0 Å². The van der Waals surface area contributed by atoms with E-state index in [2.05, 4.69) is 5.10 Å².